The average molecular weight is 298 g/mol. The quantitative estimate of drug-likeness (QED) is 0.758. The molecule has 22 heavy (non-hydrogen) atoms. The predicted molar refractivity (Wildman–Crippen MR) is 92.3 cm³/mol. The van der Waals surface area contributed by atoms with Gasteiger partial charge in [-0.2, -0.15) is 0 Å². The number of hydrogen-bond acceptors (Lipinski definition) is 2. The molecule has 2 nitrogen and oxygen atoms in total. The summed E-state index contributed by atoms with van der Waals surface area (Å²) in [5, 5.41) is 0. The molecule has 0 fully saturated rings. The van der Waals surface area contributed by atoms with Gasteiger partial charge in [0.05, 0.1) is 14.2 Å². The zero-order chi connectivity index (χ0) is 16.1. The van der Waals surface area contributed by atoms with Crippen molar-refractivity contribution in [2.75, 3.05) is 14.2 Å². The highest BCUT2D eigenvalue weighted by Crippen LogP contribution is 2.29. The van der Waals surface area contributed by atoms with Crippen molar-refractivity contribution in [3.63, 3.8) is 0 Å². The van der Waals surface area contributed by atoms with E-state index in [9.17, 15) is 0 Å². The molecule has 2 rings (SSSR count). The van der Waals surface area contributed by atoms with Gasteiger partial charge < -0.3 is 9.47 Å². The van der Waals surface area contributed by atoms with Gasteiger partial charge in [-0.1, -0.05) is 25.5 Å². The lowest BCUT2D eigenvalue weighted by Gasteiger charge is -2.16. The summed E-state index contributed by atoms with van der Waals surface area (Å²) >= 11 is 0. The van der Waals surface area contributed by atoms with E-state index in [0.717, 1.165) is 30.8 Å². The van der Waals surface area contributed by atoms with E-state index in [1.165, 1.54) is 27.8 Å². The lowest BCUT2D eigenvalue weighted by atomic mass is 9.92. The van der Waals surface area contributed by atoms with Crippen molar-refractivity contribution >= 4 is 0 Å². The van der Waals surface area contributed by atoms with E-state index in [1.807, 2.05) is 6.07 Å². The smallest absolute Gasteiger partial charge is 0.122 e. The van der Waals surface area contributed by atoms with Gasteiger partial charge in [0.1, 0.15) is 11.5 Å². The molecule has 0 aromatic heterocycles. The molecule has 2 aromatic rings. The van der Waals surface area contributed by atoms with Crippen LogP contribution >= 0.6 is 0 Å². The van der Waals surface area contributed by atoms with E-state index in [-0.39, 0.29) is 0 Å². The van der Waals surface area contributed by atoms with Gasteiger partial charge in [0, 0.05) is 0 Å². The molecule has 0 spiro atoms. The molecule has 0 aliphatic rings. The lowest BCUT2D eigenvalue weighted by molar-refractivity contribution is 0.408. The Labute approximate surface area is 134 Å². The maximum Gasteiger partial charge on any atom is 0.122 e. The third kappa shape index (κ3) is 3.44. The fourth-order valence-electron chi connectivity index (χ4n) is 2.92. The molecule has 0 amide bonds. The van der Waals surface area contributed by atoms with Crippen LogP contribution in [0.2, 0.25) is 0 Å². The molecule has 2 heteroatoms. The summed E-state index contributed by atoms with van der Waals surface area (Å²) in [4.78, 5) is 0. The highest BCUT2D eigenvalue weighted by Gasteiger charge is 2.11. The van der Waals surface area contributed by atoms with Crippen molar-refractivity contribution in [1.29, 1.82) is 0 Å². The molecule has 0 bridgehead atoms. The van der Waals surface area contributed by atoms with Gasteiger partial charge >= 0.3 is 0 Å². The number of benzene rings is 2. The minimum absolute atomic E-state index is 0.916. The zero-order valence-corrected chi connectivity index (χ0v) is 14.3. The van der Waals surface area contributed by atoms with E-state index in [0.29, 0.717) is 0 Å². The third-order valence-electron chi connectivity index (χ3n) is 4.32. The van der Waals surface area contributed by atoms with E-state index in [2.05, 4.69) is 45.0 Å². The SMILES string of the molecule is CCCc1c(OC)ccc(Cc2ccc(OC)cc2C)c1C. The van der Waals surface area contributed by atoms with Gasteiger partial charge in [-0.05, 0) is 72.7 Å². The Balaban J connectivity index is 2.35. The number of methoxy groups -OCH3 is 2. The molecular weight excluding hydrogens is 272 g/mol. The monoisotopic (exact) mass is 298 g/mol. The number of aryl methyl sites for hydroxylation is 1. The summed E-state index contributed by atoms with van der Waals surface area (Å²) in [7, 11) is 3.46. The Hall–Kier alpha value is -1.96. The fraction of sp³-hybridized carbons (Fsp3) is 0.400. The van der Waals surface area contributed by atoms with Gasteiger partial charge in [-0.25, -0.2) is 0 Å². The molecule has 0 atom stereocenters. The van der Waals surface area contributed by atoms with Crippen LogP contribution in [0.15, 0.2) is 30.3 Å². The Morgan fingerprint density at radius 1 is 0.909 bits per heavy atom. The van der Waals surface area contributed by atoms with Crippen LogP contribution in [0, 0.1) is 13.8 Å². The second kappa shape index (κ2) is 7.35. The number of rotatable bonds is 6. The van der Waals surface area contributed by atoms with Crippen LogP contribution in [0.25, 0.3) is 0 Å². The van der Waals surface area contributed by atoms with Crippen LogP contribution < -0.4 is 9.47 Å². The molecule has 0 radical (unpaired) electrons. The van der Waals surface area contributed by atoms with E-state index >= 15 is 0 Å². The van der Waals surface area contributed by atoms with Crippen LogP contribution in [0.1, 0.15) is 41.2 Å². The van der Waals surface area contributed by atoms with Crippen LogP contribution in [-0.4, -0.2) is 14.2 Å². The Bertz CT molecular complexity index is 644. The summed E-state index contributed by atoms with van der Waals surface area (Å²) in [6.07, 6.45) is 3.13. The highest BCUT2D eigenvalue weighted by atomic mass is 16.5. The first-order valence-electron chi connectivity index (χ1n) is 7.89. The van der Waals surface area contributed by atoms with E-state index in [4.69, 9.17) is 9.47 Å². The minimum Gasteiger partial charge on any atom is -0.497 e. The van der Waals surface area contributed by atoms with Crippen LogP contribution in [0.4, 0.5) is 0 Å². The first kappa shape index (κ1) is 16.4. The summed E-state index contributed by atoms with van der Waals surface area (Å²) in [6.45, 7) is 6.56. The standard InChI is InChI=1S/C20H26O2/c1-6-7-19-15(3)17(9-11-20(19)22-5)13-16-8-10-18(21-4)12-14(16)2/h8-12H,6-7,13H2,1-5H3. The Morgan fingerprint density at radius 3 is 2.23 bits per heavy atom. The Morgan fingerprint density at radius 2 is 1.64 bits per heavy atom. The molecule has 0 saturated heterocycles. The minimum atomic E-state index is 0.916. The molecule has 0 heterocycles. The topological polar surface area (TPSA) is 18.5 Å². The van der Waals surface area contributed by atoms with Gasteiger partial charge in [0.15, 0.2) is 0 Å². The molecule has 2 aromatic carbocycles. The van der Waals surface area contributed by atoms with E-state index in [1.54, 1.807) is 14.2 Å². The molecule has 0 saturated carbocycles. The fourth-order valence-corrected chi connectivity index (χ4v) is 2.92. The summed E-state index contributed by atoms with van der Waals surface area (Å²) in [5.41, 5.74) is 6.69. The van der Waals surface area contributed by atoms with Crippen molar-refractivity contribution in [2.24, 2.45) is 0 Å². The second-order valence-corrected chi connectivity index (χ2v) is 5.75. The third-order valence-corrected chi connectivity index (χ3v) is 4.32. The predicted octanol–water partition coefficient (Wildman–Crippen LogP) is 4.86. The van der Waals surface area contributed by atoms with Gasteiger partial charge in [0.25, 0.3) is 0 Å². The molecule has 118 valence electrons. The maximum atomic E-state index is 5.52. The first-order valence-corrected chi connectivity index (χ1v) is 7.89. The molecular formula is C20H26O2. The van der Waals surface area contributed by atoms with Crippen LogP contribution in [0.5, 0.6) is 11.5 Å². The highest BCUT2D eigenvalue weighted by molar-refractivity contribution is 5.47. The van der Waals surface area contributed by atoms with Crippen LogP contribution in [-0.2, 0) is 12.8 Å². The number of hydrogen-bond donors (Lipinski definition) is 0. The normalized spacial score (nSPS) is 10.6. The van der Waals surface area contributed by atoms with Gasteiger partial charge in [0.2, 0.25) is 0 Å². The molecule has 0 unspecified atom stereocenters. The van der Waals surface area contributed by atoms with Crippen LogP contribution in [0.3, 0.4) is 0 Å². The zero-order valence-electron chi connectivity index (χ0n) is 14.3. The first-order chi connectivity index (χ1) is 10.6. The average Bonchev–Trinajstić information content (AvgIpc) is 2.53. The largest absolute Gasteiger partial charge is 0.497 e. The van der Waals surface area contributed by atoms with Gasteiger partial charge in [-0.15, -0.1) is 0 Å². The molecule has 0 N–H and O–H groups in total. The summed E-state index contributed by atoms with van der Waals surface area (Å²) in [6, 6.07) is 10.6. The van der Waals surface area contributed by atoms with E-state index < -0.39 is 0 Å². The van der Waals surface area contributed by atoms with Crippen molar-refractivity contribution in [3.8, 4) is 11.5 Å². The van der Waals surface area contributed by atoms with Crippen molar-refractivity contribution in [2.45, 2.75) is 40.0 Å². The van der Waals surface area contributed by atoms with Crippen molar-refractivity contribution in [3.05, 3.63) is 58.1 Å². The van der Waals surface area contributed by atoms with Crippen molar-refractivity contribution < 1.29 is 9.47 Å². The molecule has 0 aliphatic carbocycles. The van der Waals surface area contributed by atoms with Crippen molar-refractivity contribution in [1.82, 2.24) is 0 Å². The molecule has 0 aliphatic heterocycles. The maximum absolute atomic E-state index is 5.52. The summed E-state index contributed by atoms with van der Waals surface area (Å²) in [5.74, 6) is 1.92. The number of ether oxygens (including phenoxy) is 2. The van der Waals surface area contributed by atoms with Gasteiger partial charge in [-0.3, -0.25) is 0 Å². The Kier molecular flexibility index (Phi) is 5.48. The second-order valence-electron chi connectivity index (χ2n) is 5.75. The summed E-state index contributed by atoms with van der Waals surface area (Å²) < 4.78 is 10.8. The lowest BCUT2D eigenvalue weighted by Crippen LogP contribution is -2.01.